The second kappa shape index (κ2) is 8.75. The fourth-order valence-corrected chi connectivity index (χ4v) is 6.05. The Morgan fingerprint density at radius 2 is 1.11 bits per heavy atom. The average molecular weight is 488 g/mol. The summed E-state index contributed by atoms with van der Waals surface area (Å²) < 4.78 is 0. The Morgan fingerprint density at radius 3 is 2.00 bits per heavy atom. The van der Waals surface area contributed by atoms with E-state index in [-0.39, 0.29) is 5.41 Å². The molecule has 1 nitrogen and oxygen atoms in total. The summed E-state index contributed by atoms with van der Waals surface area (Å²) in [7, 11) is 0. The Hall–Kier alpha value is -4.62. The van der Waals surface area contributed by atoms with E-state index in [4.69, 9.17) is 0 Å². The van der Waals surface area contributed by atoms with E-state index >= 15 is 0 Å². The van der Waals surface area contributed by atoms with E-state index < -0.39 is 0 Å². The van der Waals surface area contributed by atoms with Gasteiger partial charge in [0.15, 0.2) is 0 Å². The lowest BCUT2D eigenvalue weighted by atomic mass is 9.82. The first-order valence-corrected chi connectivity index (χ1v) is 13.3. The molecule has 0 saturated carbocycles. The van der Waals surface area contributed by atoms with Crippen LogP contribution in [0.5, 0.6) is 0 Å². The van der Waals surface area contributed by atoms with Crippen LogP contribution in [0.2, 0.25) is 0 Å². The maximum atomic E-state index is 3.61. The van der Waals surface area contributed by atoms with Gasteiger partial charge in [0.25, 0.3) is 0 Å². The van der Waals surface area contributed by atoms with Crippen LogP contribution in [0.15, 0.2) is 133 Å². The lowest BCUT2D eigenvalue weighted by Crippen LogP contribution is -2.14. The summed E-state index contributed by atoms with van der Waals surface area (Å²) in [5.74, 6) is 0. The number of hydrogen-bond donors (Lipinski definition) is 1. The van der Waals surface area contributed by atoms with Crippen molar-refractivity contribution in [1.82, 2.24) is 0 Å². The second-order valence-electron chi connectivity index (χ2n) is 10.7. The summed E-state index contributed by atoms with van der Waals surface area (Å²) in [5.41, 5.74) is 12.7. The van der Waals surface area contributed by atoms with Crippen molar-refractivity contribution in [3.63, 3.8) is 0 Å². The van der Waals surface area contributed by atoms with Gasteiger partial charge in [-0.3, -0.25) is 0 Å². The Balaban J connectivity index is 1.17. The number of nitrogens with one attached hydrogen (secondary N) is 1. The van der Waals surface area contributed by atoms with Crippen LogP contribution in [0.4, 0.5) is 11.4 Å². The van der Waals surface area contributed by atoms with Gasteiger partial charge >= 0.3 is 0 Å². The molecule has 0 spiro atoms. The quantitative estimate of drug-likeness (QED) is 0.261. The first kappa shape index (κ1) is 22.6. The molecular weight excluding hydrogens is 458 g/mol. The predicted octanol–water partition coefficient (Wildman–Crippen LogP) is 10.2. The molecule has 182 valence electrons. The van der Waals surface area contributed by atoms with Crippen molar-refractivity contribution in [1.29, 1.82) is 0 Å². The van der Waals surface area contributed by atoms with Crippen LogP contribution in [0.3, 0.4) is 0 Å². The van der Waals surface area contributed by atoms with Crippen molar-refractivity contribution < 1.29 is 0 Å². The first-order valence-electron chi connectivity index (χ1n) is 13.3. The van der Waals surface area contributed by atoms with Crippen molar-refractivity contribution in [3.8, 4) is 33.4 Å². The summed E-state index contributed by atoms with van der Waals surface area (Å²) in [6.45, 7) is 4.65. The van der Waals surface area contributed by atoms with Gasteiger partial charge in [-0.15, -0.1) is 0 Å². The number of fused-ring (bicyclic) bond motifs is 4. The molecule has 0 bridgehead atoms. The summed E-state index contributed by atoms with van der Waals surface area (Å²) in [5, 5.41) is 6.16. The first-order chi connectivity index (χ1) is 18.6. The van der Waals surface area contributed by atoms with Gasteiger partial charge in [0.2, 0.25) is 0 Å². The van der Waals surface area contributed by atoms with Crippen LogP contribution < -0.4 is 5.32 Å². The van der Waals surface area contributed by atoms with Crippen LogP contribution >= 0.6 is 0 Å². The smallest absolute Gasteiger partial charge is 0.0390 e. The van der Waals surface area contributed by atoms with Gasteiger partial charge in [0.1, 0.15) is 0 Å². The van der Waals surface area contributed by atoms with Crippen LogP contribution in [-0.2, 0) is 5.41 Å². The zero-order valence-electron chi connectivity index (χ0n) is 21.7. The standard InChI is InChI=1S/C37H29N/c1-37(2)35-16-6-5-14-33(35)34-24-28(19-22-36(34)37)27-11-7-12-30(23-27)38-29-20-17-26(18-21-29)32-15-8-10-25-9-3-4-13-31(25)32/h3-24,38H,1-2H3. The van der Waals surface area contributed by atoms with Gasteiger partial charge in [-0.05, 0) is 85.6 Å². The Morgan fingerprint density at radius 1 is 0.447 bits per heavy atom. The fraction of sp³-hybridized carbons (Fsp3) is 0.0811. The molecule has 1 heteroatoms. The summed E-state index contributed by atoms with van der Waals surface area (Å²) in [4.78, 5) is 0. The molecule has 0 aromatic heterocycles. The molecule has 0 heterocycles. The molecule has 0 radical (unpaired) electrons. The van der Waals surface area contributed by atoms with Gasteiger partial charge in [0.05, 0.1) is 0 Å². The summed E-state index contributed by atoms with van der Waals surface area (Å²) >= 11 is 0. The largest absolute Gasteiger partial charge is 0.356 e. The van der Waals surface area contributed by atoms with Crippen LogP contribution in [0.25, 0.3) is 44.2 Å². The highest BCUT2D eigenvalue weighted by molar-refractivity contribution is 5.96. The number of benzene rings is 6. The van der Waals surface area contributed by atoms with Gasteiger partial charge in [-0.25, -0.2) is 0 Å². The highest BCUT2D eigenvalue weighted by atomic mass is 14.9. The molecule has 0 aliphatic heterocycles. The molecule has 38 heavy (non-hydrogen) atoms. The molecule has 6 aromatic carbocycles. The average Bonchev–Trinajstić information content (AvgIpc) is 3.19. The van der Waals surface area contributed by atoms with Gasteiger partial charge < -0.3 is 5.32 Å². The lowest BCUT2D eigenvalue weighted by molar-refractivity contribution is 0.660. The molecule has 0 atom stereocenters. The van der Waals surface area contributed by atoms with Gasteiger partial charge in [0, 0.05) is 16.8 Å². The molecule has 7 rings (SSSR count). The van der Waals surface area contributed by atoms with E-state index in [0.29, 0.717) is 0 Å². The zero-order valence-corrected chi connectivity index (χ0v) is 21.7. The number of anilines is 2. The third kappa shape index (κ3) is 3.71. The third-order valence-electron chi connectivity index (χ3n) is 8.05. The molecule has 1 aliphatic carbocycles. The SMILES string of the molecule is CC1(C)c2ccccc2-c2cc(-c3cccc(Nc4ccc(-c5cccc6ccccc56)cc4)c3)ccc21. The Kier molecular flexibility index (Phi) is 5.19. The Labute approximate surface area is 224 Å². The highest BCUT2D eigenvalue weighted by Gasteiger charge is 2.35. The monoisotopic (exact) mass is 487 g/mol. The van der Waals surface area contributed by atoms with Crippen LogP contribution in [0, 0.1) is 0 Å². The minimum atomic E-state index is 0.0338. The molecule has 0 unspecified atom stereocenters. The predicted molar refractivity (Wildman–Crippen MR) is 162 cm³/mol. The highest BCUT2D eigenvalue weighted by Crippen LogP contribution is 2.49. The molecular formula is C37H29N. The second-order valence-corrected chi connectivity index (χ2v) is 10.7. The minimum Gasteiger partial charge on any atom is -0.356 e. The van der Waals surface area contributed by atoms with E-state index in [2.05, 4.69) is 153 Å². The van der Waals surface area contributed by atoms with E-state index in [1.807, 2.05) is 0 Å². The molecule has 0 amide bonds. The van der Waals surface area contributed by atoms with Crippen molar-refractivity contribution >= 4 is 22.1 Å². The van der Waals surface area contributed by atoms with Gasteiger partial charge in [-0.2, -0.15) is 0 Å². The summed E-state index contributed by atoms with van der Waals surface area (Å²) in [6.07, 6.45) is 0. The maximum Gasteiger partial charge on any atom is 0.0390 e. The fourth-order valence-electron chi connectivity index (χ4n) is 6.05. The van der Waals surface area contributed by atoms with Crippen molar-refractivity contribution in [2.24, 2.45) is 0 Å². The van der Waals surface area contributed by atoms with E-state index in [0.717, 1.165) is 11.4 Å². The van der Waals surface area contributed by atoms with E-state index in [1.165, 1.54) is 55.3 Å². The minimum absolute atomic E-state index is 0.0338. The molecule has 6 aromatic rings. The van der Waals surface area contributed by atoms with Gasteiger partial charge in [-0.1, -0.05) is 117 Å². The van der Waals surface area contributed by atoms with Crippen molar-refractivity contribution in [2.45, 2.75) is 19.3 Å². The maximum absolute atomic E-state index is 3.61. The lowest BCUT2D eigenvalue weighted by Gasteiger charge is -2.21. The number of hydrogen-bond acceptors (Lipinski definition) is 1. The van der Waals surface area contributed by atoms with Crippen molar-refractivity contribution in [3.05, 3.63) is 145 Å². The van der Waals surface area contributed by atoms with E-state index in [9.17, 15) is 0 Å². The Bertz CT molecular complexity index is 1800. The van der Waals surface area contributed by atoms with Crippen LogP contribution in [-0.4, -0.2) is 0 Å². The summed E-state index contributed by atoms with van der Waals surface area (Å²) in [6, 6.07) is 48.3. The molecule has 1 N–H and O–H groups in total. The zero-order chi connectivity index (χ0) is 25.7. The molecule has 0 saturated heterocycles. The van der Waals surface area contributed by atoms with E-state index in [1.54, 1.807) is 0 Å². The molecule has 1 aliphatic rings. The number of rotatable bonds is 4. The topological polar surface area (TPSA) is 12.0 Å². The third-order valence-corrected chi connectivity index (χ3v) is 8.05. The van der Waals surface area contributed by atoms with Crippen LogP contribution in [0.1, 0.15) is 25.0 Å². The normalized spacial score (nSPS) is 13.2. The molecule has 0 fully saturated rings. The van der Waals surface area contributed by atoms with Crippen molar-refractivity contribution in [2.75, 3.05) is 5.32 Å².